The third kappa shape index (κ3) is 3.20. The molecule has 24 heavy (non-hydrogen) atoms. The zero-order valence-corrected chi connectivity index (χ0v) is 13.9. The van der Waals surface area contributed by atoms with Crippen LogP contribution in [0.1, 0.15) is 35.8 Å². The maximum absolute atomic E-state index is 12.8. The number of aromatic nitrogens is 2. The van der Waals surface area contributed by atoms with Gasteiger partial charge in [-0.3, -0.25) is 9.78 Å². The van der Waals surface area contributed by atoms with E-state index in [1.165, 1.54) is 0 Å². The minimum Gasteiger partial charge on any atom is -0.481 e. The maximum atomic E-state index is 12.8. The molecule has 122 valence electrons. The van der Waals surface area contributed by atoms with Gasteiger partial charge in [0.05, 0.1) is 30.1 Å². The molecule has 0 radical (unpaired) electrons. The van der Waals surface area contributed by atoms with Gasteiger partial charge in [0.1, 0.15) is 0 Å². The lowest BCUT2D eigenvalue weighted by Gasteiger charge is -2.12. The number of ether oxygens (including phenoxy) is 1. The van der Waals surface area contributed by atoms with E-state index < -0.39 is 0 Å². The fourth-order valence-corrected chi connectivity index (χ4v) is 2.45. The highest BCUT2D eigenvalue weighted by Crippen LogP contribution is 2.23. The Morgan fingerprint density at radius 2 is 1.96 bits per heavy atom. The molecule has 0 fully saturated rings. The number of hydrogen-bond acceptors (Lipinski definition) is 4. The molecule has 3 aromatic rings. The van der Waals surface area contributed by atoms with Gasteiger partial charge in [0, 0.05) is 17.1 Å². The van der Waals surface area contributed by atoms with Gasteiger partial charge < -0.3 is 10.1 Å². The number of para-hydroxylation sites is 1. The molecule has 0 aliphatic carbocycles. The van der Waals surface area contributed by atoms with Crippen molar-refractivity contribution in [3.05, 3.63) is 59.9 Å². The first-order chi connectivity index (χ1) is 11.6. The number of nitrogens with one attached hydrogen (secondary N) is 1. The summed E-state index contributed by atoms with van der Waals surface area (Å²) in [6, 6.07) is 13.0. The highest BCUT2D eigenvalue weighted by Gasteiger charge is 2.14. The summed E-state index contributed by atoms with van der Waals surface area (Å²) in [5.41, 5.74) is 2.95. The molecule has 0 saturated carbocycles. The van der Waals surface area contributed by atoms with E-state index in [2.05, 4.69) is 29.1 Å². The lowest BCUT2D eigenvalue weighted by atomic mass is 10.0. The summed E-state index contributed by atoms with van der Waals surface area (Å²) in [6.07, 6.45) is 1.57. The molecule has 0 bridgehead atoms. The van der Waals surface area contributed by atoms with Gasteiger partial charge in [-0.15, -0.1) is 0 Å². The summed E-state index contributed by atoms with van der Waals surface area (Å²) in [5.74, 6) is 0.565. The van der Waals surface area contributed by atoms with E-state index in [9.17, 15) is 4.79 Å². The molecule has 0 spiro atoms. The minimum absolute atomic E-state index is 0.178. The van der Waals surface area contributed by atoms with Crippen molar-refractivity contribution in [3.63, 3.8) is 0 Å². The predicted molar refractivity (Wildman–Crippen MR) is 94.6 cm³/mol. The van der Waals surface area contributed by atoms with Crippen LogP contribution in [-0.4, -0.2) is 23.0 Å². The van der Waals surface area contributed by atoms with E-state index in [4.69, 9.17) is 4.74 Å². The summed E-state index contributed by atoms with van der Waals surface area (Å²) in [5, 5.41) is 3.72. The van der Waals surface area contributed by atoms with Crippen molar-refractivity contribution < 1.29 is 9.53 Å². The van der Waals surface area contributed by atoms with E-state index in [-0.39, 0.29) is 11.8 Å². The topological polar surface area (TPSA) is 64.1 Å². The fourth-order valence-electron chi connectivity index (χ4n) is 2.45. The number of fused-ring (bicyclic) bond motifs is 1. The van der Waals surface area contributed by atoms with Crippen molar-refractivity contribution in [2.45, 2.75) is 19.8 Å². The molecule has 1 amide bonds. The Hall–Kier alpha value is -2.95. The summed E-state index contributed by atoms with van der Waals surface area (Å²) in [6.45, 7) is 4.12. The number of rotatable bonds is 4. The third-order valence-corrected chi connectivity index (χ3v) is 3.78. The van der Waals surface area contributed by atoms with Crippen LogP contribution in [0.4, 0.5) is 5.69 Å². The first-order valence-corrected chi connectivity index (χ1v) is 7.79. The molecule has 0 aliphatic heterocycles. The number of methoxy groups -OCH3 is 1. The van der Waals surface area contributed by atoms with E-state index in [0.717, 1.165) is 16.6 Å². The van der Waals surface area contributed by atoms with E-state index >= 15 is 0 Å². The molecule has 0 unspecified atom stereocenters. The SMILES string of the molecule is COc1ccc(NC(=O)c2cc(C(C)C)nc3ccccc23)cn1. The molecule has 0 saturated heterocycles. The van der Waals surface area contributed by atoms with E-state index in [1.54, 1.807) is 25.4 Å². The van der Waals surface area contributed by atoms with Gasteiger partial charge in [-0.25, -0.2) is 4.98 Å². The normalized spacial score (nSPS) is 10.8. The van der Waals surface area contributed by atoms with Crippen LogP contribution in [0.15, 0.2) is 48.7 Å². The third-order valence-electron chi connectivity index (χ3n) is 3.78. The van der Waals surface area contributed by atoms with Crippen molar-refractivity contribution in [1.29, 1.82) is 0 Å². The number of carbonyl (C=O) groups is 1. The van der Waals surface area contributed by atoms with Crippen molar-refractivity contribution in [2.75, 3.05) is 12.4 Å². The van der Waals surface area contributed by atoms with Crippen LogP contribution in [0.5, 0.6) is 5.88 Å². The van der Waals surface area contributed by atoms with Crippen molar-refractivity contribution >= 4 is 22.5 Å². The standard InChI is InChI=1S/C19H19N3O2/c1-12(2)17-10-15(14-6-4-5-7-16(14)22-17)19(23)21-13-8-9-18(24-3)20-11-13/h4-12H,1-3H3,(H,21,23). The predicted octanol–water partition coefficient (Wildman–Crippen LogP) is 4.01. The smallest absolute Gasteiger partial charge is 0.256 e. The molecular formula is C19H19N3O2. The summed E-state index contributed by atoms with van der Waals surface area (Å²) >= 11 is 0. The van der Waals surface area contributed by atoms with Gasteiger partial charge in [0.2, 0.25) is 5.88 Å². The Labute approximate surface area is 140 Å². The average Bonchev–Trinajstić information content (AvgIpc) is 2.61. The van der Waals surface area contributed by atoms with Crippen LogP contribution in [-0.2, 0) is 0 Å². The molecule has 1 aromatic carbocycles. The molecular weight excluding hydrogens is 302 g/mol. The lowest BCUT2D eigenvalue weighted by Crippen LogP contribution is -2.14. The molecule has 0 atom stereocenters. The molecule has 2 aromatic heterocycles. The Balaban J connectivity index is 1.98. The van der Waals surface area contributed by atoms with Gasteiger partial charge in [-0.05, 0) is 24.1 Å². The second-order valence-electron chi connectivity index (χ2n) is 5.81. The Bertz CT molecular complexity index is 873. The number of benzene rings is 1. The van der Waals surface area contributed by atoms with Gasteiger partial charge in [-0.1, -0.05) is 32.0 Å². The highest BCUT2D eigenvalue weighted by atomic mass is 16.5. The monoisotopic (exact) mass is 321 g/mol. The van der Waals surface area contributed by atoms with Gasteiger partial charge in [0.15, 0.2) is 0 Å². The zero-order valence-electron chi connectivity index (χ0n) is 13.9. The number of amides is 1. The molecule has 0 aliphatic rings. The summed E-state index contributed by atoms with van der Waals surface area (Å²) < 4.78 is 5.03. The lowest BCUT2D eigenvalue weighted by molar-refractivity contribution is 0.102. The van der Waals surface area contributed by atoms with Crippen LogP contribution in [0.3, 0.4) is 0 Å². The van der Waals surface area contributed by atoms with Crippen LogP contribution in [0.2, 0.25) is 0 Å². The molecule has 5 heteroatoms. The molecule has 5 nitrogen and oxygen atoms in total. The van der Waals surface area contributed by atoms with Crippen LogP contribution in [0.25, 0.3) is 10.9 Å². The number of anilines is 1. The van der Waals surface area contributed by atoms with Crippen LogP contribution in [0, 0.1) is 0 Å². The van der Waals surface area contributed by atoms with Crippen LogP contribution < -0.4 is 10.1 Å². The number of hydrogen-bond donors (Lipinski definition) is 1. The molecule has 1 N–H and O–H groups in total. The van der Waals surface area contributed by atoms with Crippen LogP contribution >= 0.6 is 0 Å². The molecule has 2 heterocycles. The second kappa shape index (κ2) is 6.66. The number of nitrogens with zero attached hydrogens (tertiary/aromatic N) is 2. The van der Waals surface area contributed by atoms with Crippen molar-refractivity contribution in [1.82, 2.24) is 9.97 Å². The average molecular weight is 321 g/mol. The largest absolute Gasteiger partial charge is 0.481 e. The first kappa shape index (κ1) is 15.9. The van der Waals surface area contributed by atoms with E-state index in [1.807, 2.05) is 30.3 Å². The minimum atomic E-state index is -0.178. The van der Waals surface area contributed by atoms with Gasteiger partial charge in [-0.2, -0.15) is 0 Å². The van der Waals surface area contributed by atoms with Crippen molar-refractivity contribution in [2.24, 2.45) is 0 Å². The van der Waals surface area contributed by atoms with E-state index in [0.29, 0.717) is 17.1 Å². The Kier molecular flexibility index (Phi) is 4.42. The Morgan fingerprint density at radius 1 is 1.17 bits per heavy atom. The zero-order chi connectivity index (χ0) is 17.1. The maximum Gasteiger partial charge on any atom is 0.256 e. The van der Waals surface area contributed by atoms with Gasteiger partial charge >= 0.3 is 0 Å². The fraction of sp³-hybridized carbons (Fsp3) is 0.211. The summed E-state index contributed by atoms with van der Waals surface area (Å²) in [7, 11) is 1.55. The van der Waals surface area contributed by atoms with Gasteiger partial charge in [0.25, 0.3) is 5.91 Å². The second-order valence-corrected chi connectivity index (χ2v) is 5.81. The highest BCUT2D eigenvalue weighted by molar-refractivity contribution is 6.12. The Morgan fingerprint density at radius 3 is 2.62 bits per heavy atom. The van der Waals surface area contributed by atoms with Crippen molar-refractivity contribution in [3.8, 4) is 5.88 Å². The first-order valence-electron chi connectivity index (χ1n) is 7.79. The number of carbonyl (C=O) groups excluding carboxylic acids is 1. The molecule has 3 rings (SSSR count). The summed E-state index contributed by atoms with van der Waals surface area (Å²) in [4.78, 5) is 21.5. The quantitative estimate of drug-likeness (QED) is 0.788. The number of pyridine rings is 2.